The number of aromatic nitrogens is 3. The lowest BCUT2D eigenvalue weighted by atomic mass is 10.3. The maximum atomic E-state index is 12.5. The van der Waals surface area contributed by atoms with Crippen molar-refractivity contribution in [2.45, 2.75) is 16.2 Å². The molecule has 0 fully saturated rings. The maximum absolute atomic E-state index is 12.5. The van der Waals surface area contributed by atoms with E-state index in [0.29, 0.717) is 16.2 Å². The molecule has 0 aliphatic heterocycles. The fraction of sp³-hybridized carbons (Fsp3) is 0.111. The summed E-state index contributed by atoms with van der Waals surface area (Å²) in [6.07, 6.45) is -4.76. The zero-order chi connectivity index (χ0) is 15.8. The van der Waals surface area contributed by atoms with Crippen LogP contribution in [0.3, 0.4) is 0 Å². The van der Waals surface area contributed by atoms with Crippen LogP contribution in [0.1, 0.15) is 5.82 Å². The summed E-state index contributed by atoms with van der Waals surface area (Å²) in [5.74, 6) is 3.88. The highest BCUT2D eigenvalue weighted by Gasteiger charge is 2.38. The molecular weight excluding hydrogens is 379 g/mol. The number of halogens is 4. The van der Waals surface area contributed by atoms with Gasteiger partial charge in [-0.3, -0.25) is 10.1 Å². The normalized spacial score (nSPS) is 11.6. The monoisotopic (exact) mass is 383 g/mol. The zero-order valence-corrected chi connectivity index (χ0v) is 12.2. The minimum absolute atomic E-state index is 0.0935. The molecule has 0 saturated carbocycles. The van der Waals surface area contributed by atoms with Gasteiger partial charge in [-0.1, -0.05) is 15.9 Å². The van der Waals surface area contributed by atoms with Crippen LogP contribution in [0.5, 0.6) is 0 Å². The summed E-state index contributed by atoms with van der Waals surface area (Å²) < 4.78 is 38.3. The summed E-state index contributed by atoms with van der Waals surface area (Å²) in [5, 5.41) is 16.9. The van der Waals surface area contributed by atoms with Crippen LogP contribution in [0.2, 0.25) is 0 Å². The molecule has 2 aromatic rings. The lowest BCUT2D eigenvalue weighted by molar-refractivity contribution is -0.387. The Kier molecular flexibility index (Phi) is 4.09. The summed E-state index contributed by atoms with van der Waals surface area (Å²) in [7, 11) is 0. The van der Waals surface area contributed by atoms with E-state index < -0.39 is 16.9 Å². The van der Waals surface area contributed by atoms with E-state index in [0.717, 1.165) is 0 Å². The zero-order valence-electron chi connectivity index (χ0n) is 9.83. The predicted molar refractivity (Wildman–Crippen MR) is 70.1 cm³/mol. The number of rotatable bonds is 3. The van der Waals surface area contributed by atoms with Gasteiger partial charge in [0, 0.05) is 10.5 Å². The van der Waals surface area contributed by atoms with Crippen LogP contribution in [-0.4, -0.2) is 19.8 Å². The molecule has 0 unspecified atom stereocenters. The quantitative estimate of drug-likeness (QED) is 0.496. The average molecular weight is 384 g/mol. The number of benzene rings is 1. The lowest BCUT2D eigenvalue weighted by Crippen LogP contribution is -2.21. The molecule has 0 atom stereocenters. The highest BCUT2D eigenvalue weighted by atomic mass is 79.9. The minimum atomic E-state index is -4.76. The van der Waals surface area contributed by atoms with E-state index in [1.165, 1.54) is 18.2 Å². The van der Waals surface area contributed by atoms with Gasteiger partial charge in [-0.05, 0) is 23.9 Å². The molecule has 0 aliphatic carbocycles. The Balaban J connectivity index is 2.40. The van der Waals surface area contributed by atoms with Gasteiger partial charge in [0.05, 0.1) is 9.82 Å². The fourth-order valence-corrected chi connectivity index (χ4v) is 2.54. The Morgan fingerprint density at radius 1 is 1.38 bits per heavy atom. The van der Waals surface area contributed by atoms with Crippen molar-refractivity contribution in [3.63, 3.8) is 0 Å². The van der Waals surface area contributed by atoms with Gasteiger partial charge < -0.3 is 5.84 Å². The first-order chi connectivity index (χ1) is 9.70. The molecule has 2 rings (SSSR count). The molecule has 0 saturated heterocycles. The van der Waals surface area contributed by atoms with Gasteiger partial charge in [0.1, 0.15) is 0 Å². The lowest BCUT2D eigenvalue weighted by Gasteiger charge is -2.06. The molecule has 112 valence electrons. The third-order valence-electron chi connectivity index (χ3n) is 2.24. The van der Waals surface area contributed by atoms with E-state index in [4.69, 9.17) is 5.84 Å². The van der Waals surface area contributed by atoms with Crippen LogP contribution < -0.4 is 5.84 Å². The summed E-state index contributed by atoms with van der Waals surface area (Å²) in [5.41, 5.74) is -0.286. The standard InChI is InChI=1S/C9H5BrF3N5O2S/c10-4-1-2-6(5(3-4)18(19)20)21-8-16-15-7(17(8)14)9(11,12)13/h1-3H,14H2. The van der Waals surface area contributed by atoms with E-state index in [1.807, 2.05) is 0 Å². The van der Waals surface area contributed by atoms with Crippen LogP contribution in [0, 0.1) is 10.1 Å². The van der Waals surface area contributed by atoms with E-state index in [1.54, 1.807) is 0 Å². The highest BCUT2D eigenvalue weighted by molar-refractivity contribution is 9.10. The molecule has 0 amide bonds. The Hall–Kier alpha value is -1.82. The molecule has 21 heavy (non-hydrogen) atoms. The van der Waals surface area contributed by atoms with Gasteiger partial charge in [-0.2, -0.15) is 13.2 Å². The van der Waals surface area contributed by atoms with E-state index in [-0.39, 0.29) is 20.4 Å². The Morgan fingerprint density at radius 2 is 2.05 bits per heavy atom. The highest BCUT2D eigenvalue weighted by Crippen LogP contribution is 2.36. The number of hydrogen-bond donors (Lipinski definition) is 1. The van der Waals surface area contributed by atoms with Crippen LogP contribution in [-0.2, 0) is 6.18 Å². The molecule has 1 heterocycles. The van der Waals surface area contributed by atoms with Crippen molar-refractivity contribution >= 4 is 33.4 Å². The van der Waals surface area contributed by atoms with Crippen molar-refractivity contribution < 1.29 is 18.1 Å². The van der Waals surface area contributed by atoms with Gasteiger partial charge in [-0.15, -0.1) is 10.2 Å². The third-order valence-corrected chi connectivity index (χ3v) is 3.76. The van der Waals surface area contributed by atoms with Crippen LogP contribution in [0.4, 0.5) is 18.9 Å². The average Bonchev–Trinajstić information content (AvgIpc) is 2.72. The van der Waals surface area contributed by atoms with Gasteiger partial charge >= 0.3 is 6.18 Å². The second kappa shape index (κ2) is 5.52. The maximum Gasteiger partial charge on any atom is 0.453 e. The van der Waals surface area contributed by atoms with Crippen molar-refractivity contribution in [2.24, 2.45) is 0 Å². The van der Waals surface area contributed by atoms with Crippen LogP contribution >= 0.6 is 27.7 Å². The number of alkyl halides is 3. The van der Waals surface area contributed by atoms with E-state index in [9.17, 15) is 23.3 Å². The Bertz CT molecular complexity index is 705. The molecule has 0 spiro atoms. The van der Waals surface area contributed by atoms with Crippen LogP contribution in [0.15, 0.2) is 32.7 Å². The molecule has 12 heteroatoms. The number of nitrogen functional groups attached to an aromatic ring is 1. The third kappa shape index (κ3) is 3.26. The first-order valence-corrected chi connectivity index (χ1v) is 6.70. The summed E-state index contributed by atoms with van der Waals surface area (Å²) in [6.45, 7) is 0. The van der Waals surface area contributed by atoms with Crippen LogP contribution in [0.25, 0.3) is 0 Å². The number of nitro benzene ring substituents is 1. The molecule has 0 radical (unpaired) electrons. The number of hydrogen-bond acceptors (Lipinski definition) is 6. The smallest absolute Gasteiger partial charge is 0.335 e. The second-order valence-corrected chi connectivity index (χ2v) is 5.57. The predicted octanol–water partition coefficient (Wildman–Crippen LogP) is 2.83. The molecule has 1 aromatic carbocycles. The van der Waals surface area contributed by atoms with E-state index in [2.05, 4.69) is 26.1 Å². The Morgan fingerprint density at radius 3 is 2.57 bits per heavy atom. The number of nitrogens with zero attached hydrogens (tertiary/aromatic N) is 4. The Labute approximate surface area is 127 Å². The first-order valence-electron chi connectivity index (χ1n) is 5.09. The van der Waals surface area contributed by atoms with Gasteiger partial charge in [0.15, 0.2) is 0 Å². The molecule has 0 bridgehead atoms. The van der Waals surface area contributed by atoms with Crippen molar-refractivity contribution in [3.8, 4) is 0 Å². The van der Waals surface area contributed by atoms with Crippen molar-refractivity contribution in [1.82, 2.24) is 14.9 Å². The number of nitrogens with two attached hydrogens (primary N) is 1. The molecule has 7 nitrogen and oxygen atoms in total. The van der Waals surface area contributed by atoms with Gasteiger partial charge in [0.25, 0.3) is 11.5 Å². The molecule has 0 aliphatic rings. The van der Waals surface area contributed by atoms with Crippen molar-refractivity contribution in [2.75, 3.05) is 5.84 Å². The summed E-state index contributed by atoms with van der Waals surface area (Å²) >= 11 is 3.69. The molecule has 1 aromatic heterocycles. The topological polar surface area (TPSA) is 99.9 Å². The fourth-order valence-electron chi connectivity index (χ4n) is 1.36. The minimum Gasteiger partial charge on any atom is -0.335 e. The summed E-state index contributed by atoms with van der Waals surface area (Å²) in [4.78, 5) is 10.4. The first kappa shape index (κ1) is 15.6. The summed E-state index contributed by atoms with van der Waals surface area (Å²) in [6, 6.07) is 4.11. The number of nitro groups is 1. The van der Waals surface area contributed by atoms with Gasteiger partial charge in [0.2, 0.25) is 5.16 Å². The van der Waals surface area contributed by atoms with Crippen molar-refractivity contribution in [3.05, 3.63) is 38.6 Å². The molecule has 2 N–H and O–H groups in total. The van der Waals surface area contributed by atoms with E-state index >= 15 is 0 Å². The SMILES string of the molecule is Nn1c(Sc2ccc(Br)cc2[N+](=O)[O-])nnc1C(F)(F)F. The second-order valence-electron chi connectivity index (χ2n) is 3.65. The van der Waals surface area contributed by atoms with Gasteiger partial charge in [-0.25, -0.2) is 4.68 Å². The largest absolute Gasteiger partial charge is 0.453 e. The molecular formula is C9H5BrF3N5O2S. The van der Waals surface area contributed by atoms with Crippen molar-refractivity contribution in [1.29, 1.82) is 0 Å².